The van der Waals surface area contributed by atoms with Crippen LogP contribution in [0.2, 0.25) is 0 Å². The van der Waals surface area contributed by atoms with Crippen molar-refractivity contribution in [2.45, 2.75) is 50.9 Å². The molecule has 2 aromatic rings. The maximum absolute atomic E-state index is 6.29. The van der Waals surface area contributed by atoms with Crippen LogP contribution in [0.25, 0.3) is 0 Å². The first-order valence-electron chi connectivity index (χ1n) is 11.7. The summed E-state index contributed by atoms with van der Waals surface area (Å²) in [7, 11) is 1.70. The predicted octanol–water partition coefficient (Wildman–Crippen LogP) is 4.12. The summed E-state index contributed by atoms with van der Waals surface area (Å²) in [6.45, 7) is 3.70. The Kier molecular flexibility index (Phi) is 6.44. The number of methoxy groups -OCH3 is 1. The van der Waals surface area contributed by atoms with E-state index in [-0.39, 0.29) is 0 Å². The zero-order valence-electron chi connectivity index (χ0n) is 18.8. The van der Waals surface area contributed by atoms with Crippen molar-refractivity contribution < 1.29 is 14.2 Å². The molecule has 0 spiro atoms. The quantitative estimate of drug-likeness (QED) is 0.304. The molecule has 4 aliphatic rings. The number of hydrogen-bond acceptors (Lipinski definition) is 3. The molecule has 4 fully saturated rings. The van der Waals surface area contributed by atoms with Gasteiger partial charge in [-0.15, -0.1) is 0 Å². The molecule has 0 unspecified atom stereocenters. The van der Waals surface area contributed by atoms with Crippen LogP contribution < -0.4 is 13.7 Å². The fraction of sp³-hybridized carbons (Fsp3) is 0.556. The van der Waals surface area contributed by atoms with Crippen LogP contribution in [-0.4, -0.2) is 42.1 Å². The predicted molar refractivity (Wildman–Crippen MR) is 126 cm³/mol. The van der Waals surface area contributed by atoms with Crippen molar-refractivity contribution >= 4 is 23.9 Å². The van der Waals surface area contributed by atoms with Crippen molar-refractivity contribution in [3.8, 4) is 5.75 Å². The van der Waals surface area contributed by atoms with Crippen LogP contribution in [0.4, 0.5) is 0 Å². The van der Waals surface area contributed by atoms with Crippen LogP contribution in [-0.2, 0) is 14.9 Å². The molecule has 2 aromatic carbocycles. The van der Waals surface area contributed by atoms with E-state index in [1.165, 1.54) is 58.6 Å². The zero-order valence-corrected chi connectivity index (χ0v) is 20.5. The van der Waals surface area contributed by atoms with Gasteiger partial charge in [-0.25, -0.2) is 0 Å². The van der Waals surface area contributed by atoms with E-state index in [9.17, 15) is 0 Å². The molecule has 0 amide bonds. The molecule has 3 nitrogen and oxygen atoms in total. The van der Waals surface area contributed by atoms with Gasteiger partial charge in [0.15, 0.2) is 0 Å². The number of aryl methyl sites for hydroxylation is 1. The molecule has 0 radical (unpaired) electrons. The molecule has 6 rings (SSSR count). The third kappa shape index (κ3) is 4.59. The third-order valence-electron chi connectivity index (χ3n) is 7.59. The molecule has 4 saturated carbocycles. The van der Waals surface area contributed by atoms with E-state index >= 15 is 0 Å². The van der Waals surface area contributed by atoms with Crippen LogP contribution in [0.3, 0.4) is 0 Å². The van der Waals surface area contributed by atoms with Gasteiger partial charge in [0.25, 0.3) is 0 Å². The Morgan fingerprint density at radius 3 is 2.26 bits per heavy atom. The van der Waals surface area contributed by atoms with Crippen molar-refractivity contribution in [2.24, 2.45) is 17.8 Å². The molecule has 0 saturated heterocycles. The van der Waals surface area contributed by atoms with Crippen LogP contribution in [0, 0.1) is 24.7 Å². The summed E-state index contributed by atoms with van der Waals surface area (Å²) in [5.41, 5.74) is 3.12. The standard InChI is InChI=1S/C27H34O3Se/c1-19-10-25(30-18-29-9-8-28-2)24(14-26(19)31-23-6-4-3-5-7-23)27-15-20-11-21(16-27)13-22(12-20)17-27/h3-7,10,14,20-22H,8-9,11-13,15-18H2,1-2H3. The summed E-state index contributed by atoms with van der Waals surface area (Å²) in [5, 5.41) is 0. The average Bonchev–Trinajstić information content (AvgIpc) is 2.75. The second-order valence-corrected chi connectivity index (χ2v) is 12.2. The maximum atomic E-state index is 6.29. The van der Waals surface area contributed by atoms with Gasteiger partial charge in [-0.1, -0.05) is 0 Å². The summed E-state index contributed by atoms with van der Waals surface area (Å²) in [6.07, 6.45) is 8.43. The summed E-state index contributed by atoms with van der Waals surface area (Å²) < 4.78 is 20.0. The molecular weight excluding hydrogens is 451 g/mol. The van der Waals surface area contributed by atoms with Gasteiger partial charge in [0.2, 0.25) is 0 Å². The molecule has 4 heteroatoms. The van der Waals surface area contributed by atoms with Crippen LogP contribution in [0.5, 0.6) is 5.75 Å². The first-order chi connectivity index (χ1) is 15.1. The fourth-order valence-corrected chi connectivity index (χ4v) is 8.65. The van der Waals surface area contributed by atoms with Gasteiger partial charge in [-0.3, -0.25) is 0 Å². The fourth-order valence-electron chi connectivity index (χ4n) is 6.67. The van der Waals surface area contributed by atoms with Crippen molar-refractivity contribution in [1.82, 2.24) is 0 Å². The molecular formula is C27H34O3Se. The van der Waals surface area contributed by atoms with Crippen molar-refractivity contribution in [2.75, 3.05) is 27.1 Å². The molecule has 166 valence electrons. The van der Waals surface area contributed by atoms with Gasteiger partial charge >= 0.3 is 193 Å². The summed E-state index contributed by atoms with van der Waals surface area (Å²) in [4.78, 5) is 0. The van der Waals surface area contributed by atoms with E-state index in [0.29, 0.717) is 40.4 Å². The monoisotopic (exact) mass is 486 g/mol. The summed E-state index contributed by atoms with van der Waals surface area (Å²) >= 11 is 0.315. The Balaban J connectivity index is 1.46. The van der Waals surface area contributed by atoms with E-state index < -0.39 is 0 Å². The van der Waals surface area contributed by atoms with E-state index in [1.54, 1.807) is 7.11 Å². The topological polar surface area (TPSA) is 27.7 Å². The van der Waals surface area contributed by atoms with Gasteiger partial charge in [-0.2, -0.15) is 0 Å². The van der Waals surface area contributed by atoms with Crippen molar-refractivity contribution in [1.29, 1.82) is 0 Å². The molecule has 0 aliphatic heterocycles. The number of rotatable bonds is 9. The van der Waals surface area contributed by atoms with Gasteiger partial charge in [-0.05, 0) is 0 Å². The summed E-state index contributed by atoms with van der Waals surface area (Å²) in [5.74, 6) is 3.81. The second-order valence-electron chi connectivity index (χ2n) is 9.89. The average molecular weight is 486 g/mol. The SMILES string of the molecule is COCCOCOc1cc(C)c([Se]c2ccccc2)cc1C12CC3CC(CC(C3)C1)C2. The minimum absolute atomic E-state index is 0.297. The Morgan fingerprint density at radius 1 is 0.935 bits per heavy atom. The first-order valence-corrected chi connectivity index (χ1v) is 13.4. The molecule has 4 aliphatic carbocycles. The van der Waals surface area contributed by atoms with Gasteiger partial charge in [0, 0.05) is 0 Å². The van der Waals surface area contributed by atoms with Gasteiger partial charge < -0.3 is 0 Å². The van der Waals surface area contributed by atoms with E-state index in [2.05, 4.69) is 49.4 Å². The zero-order chi connectivity index (χ0) is 21.3. The number of ether oxygens (including phenoxy) is 3. The molecule has 0 heterocycles. The molecule has 31 heavy (non-hydrogen) atoms. The first kappa shape index (κ1) is 21.5. The van der Waals surface area contributed by atoms with E-state index in [4.69, 9.17) is 14.2 Å². The van der Waals surface area contributed by atoms with Crippen molar-refractivity contribution in [3.63, 3.8) is 0 Å². The Hall–Kier alpha value is -1.32. The molecule has 4 bridgehead atoms. The van der Waals surface area contributed by atoms with Gasteiger partial charge in [0.05, 0.1) is 0 Å². The third-order valence-corrected chi connectivity index (χ3v) is 10.0. The number of benzene rings is 2. The Labute approximate surface area is 193 Å². The van der Waals surface area contributed by atoms with Crippen LogP contribution in [0.15, 0.2) is 42.5 Å². The summed E-state index contributed by atoms with van der Waals surface area (Å²) in [6, 6.07) is 15.8. The normalized spacial score (nSPS) is 28.8. The van der Waals surface area contributed by atoms with Gasteiger partial charge in [0.1, 0.15) is 0 Å². The van der Waals surface area contributed by atoms with E-state index in [0.717, 1.165) is 23.5 Å². The second kappa shape index (κ2) is 9.27. The number of hydrogen-bond donors (Lipinski definition) is 0. The Bertz CT molecular complexity index is 860. The van der Waals surface area contributed by atoms with E-state index in [1.807, 2.05) is 0 Å². The molecule has 0 N–H and O–H groups in total. The van der Waals surface area contributed by atoms with Crippen molar-refractivity contribution in [3.05, 3.63) is 53.6 Å². The molecule has 0 atom stereocenters. The Morgan fingerprint density at radius 2 is 1.61 bits per heavy atom. The van der Waals surface area contributed by atoms with Crippen LogP contribution in [0.1, 0.15) is 49.7 Å². The minimum atomic E-state index is 0.297. The molecule has 0 aromatic heterocycles. The van der Waals surface area contributed by atoms with Crippen LogP contribution >= 0.6 is 0 Å².